The van der Waals surface area contributed by atoms with Gasteiger partial charge in [0, 0.05) is 17.0 Å². The quantitative estimate of drug-likeness (QED) is 0.426. The highest BCUT2D eigenvalue weighted by Gasteiger charge is 2.12. The summed E-state index contributed by atoms with van der Waals surface area (Å²) in [6.45, 7) is 0. The molecule has 0 radical (unpaired) electrons. The summed E-state index contributed by atoms with van der Waals surface area (Å²) in [4.78, 5) is 10.2. The number of halogens is 3. The first-order valence-corrected chi connectivity index (χ1v) is 6.76. The lowest BCUT2D eigenvalue weighted by molar-refractivity contribution is -0.384. The van der Waals surface area contributed by atoms with Crippen LogP contribution in [0.3, 0.4) is 0 Å². The van der Waals surface area contributed by atoms with Crippen LogP contribution in [-0.4, -0.2) is 4.92 Å². The first-order valence-electron chi connectivity index (χ1n) is 5.47. The smallest absolute Gasteiger partial charge is 0.273 e. The van der Waals surface area contributed by atoms with E-state index in [0.29, 0.717) is 10.8 Å². The van der Waals surface area contributed by atoms with Gasteiger partial charge < -0.3 is 4.74 Å². The van der Waals surface area contributed by atoms with E-state index in [9.17, 15) is 10.1 Å². The summed E-state index contributed by atoms with van der Waals surface area (Å²) in [5, 5.41) is 11.5. The Labute approximate surface area is 130 Å². The average molecular weight is 333 g/mol. The molecule has 0 aliphatic rings. The molecule has 20 heavy (non-hydrogen) atoms. The lowest BCUT2D eigenvalue weighted by Gasteiger charge is -2.09. The molecule has 0 unspecified atom stereocenters. The van der Waals surface area contributed by atoms with Crippen LogP contribution in [0.2, 0.25) is 10.0 Å². The molecule has 0 saturated carbocycles. The minimum atomic E-state index is -0.521. The van der Waals surface area contributed by atoms with Crippen molar-refractivity contribution < 1.29 is 9.66 Å². The number of alkyl halides is 1. The number of nitrogens with zero attached hydrogens (tertiary/aromatic N) is 1. The van der Waals surface area contributed by atoms with Crippen molar-refractivity contribution in [3.63, 3.8) is 0 Å². The van der Waals surface area contributed by atoms with Gasteiger partial charge in [-0.1, -0.05) is 29.3 Å². The van der Waals surface area contributed by atoms with E-state index in [1.165, 1.54) is 18.2 Å². The van der Waals surface area contributed by atoms with E-state index in [1.807, 2.05) is 0 Å². The number of ether oxygens (including phenoxy) is 1. The summed E-state index contributed by atoms with van der Waals surface area (Å²) in [5.74, 6) is 0.901. The van der Waals surface area contributed by atoms with E-state index in [4.69, 9.17) is 39.5 Å². The van der Waals surface area contributed by atoms with Gasteiger partial charge >= 0.3 is 0 Å². The van der Waals surface area contributed by atoms with Crippen LogP contribution in [0.15, 0.2) is 36.4 Å². The molecule has 0 heterocycles. The lowest BCUT2D eigenvalue weighted by atomic mass is 10.2. The van der Waals surface area contributed by atoms with Gasteiger partial charge in [0.1, 0.15) is 5.75 Å². The number of hydrogen-bond donors (Lipinski definition) is 0. The number of rotatable bonds is 4. The predicted molar refractivity (Wildman–Crippen MR) is 79.2 cm³/mol. The molecule has 0 aromatic heterocycles. The Hall–Kier alpha value is -1.49. The maximum atomic E-state index is 10.7. The maximum absolute atomic E-state index is 10.7. The zero-order valence-electron chi connectivity index (χ0n) is 9.98. The summed E-state index contributed by atoms with van der Waals surface area (Å²) in [6, 6.07) is 8.93. The van der Waals surface area contributed by atoms with Gasteiger partial charge in [0.15, 0.2) is 5.75 Å². The van der Waals surface area contributed by atoms with Gasteiger partial charge in [-0.25, -0.2) is 0 Å². The van der Waals surface area contributed by atoms with Crippen molar-refractivity contribution in [3.8, 4) is 11.5 Å². The maximum Gasteiger partial charge on any atom is 0.273 e. The Balaban J connectivity index is 2.32. The molecule has 2 aromatic rings. The van der Waals surface area contributed by atoms with Crippen LogP contribution >= 0.6 is 34.8 Å². The number of hydrogen-bond acceptors (Lipinski definition) is 3. The van der Waals surface area contributed by atoms with Crippen LogP contribution in [0.4, 0.5) is 5.69 Å². The van der Waals surface area contributed by atoms with Crippen molar-refractivity contribution in [1.29, 1.82) is 0 Å². The first kappa shape index (κ1) is 14.9. The normalized spacial score (nSPS) is 10.3. The highest BCUT2D eigenvalue weighted by atomic mass is 35.5. The summed E-state index contributed by atoms with van der Waals surface area (Å²) in [5.41, 5.74) is 0.665. The lowest BCUT2D eigenvalue weighted by Crippen LogP contribution is -1.91. The summed E-state index contributed by atoms with van der Waals surface area (Å²) >= 11 is 17.7. The number of non-ortho nitro benzene ring substituents is 1. The molecular formula is C13H8Cl3NO3. The van der Waals surface area contributed by atoms with Crippen molar-refractivity contribution in [2.45, 2.75) is 5.88 Å². The average Bonchev–Trinajstić information content (AvgIpc) is 2.41. The molecule has 0 amide bonds. The fraction of sp³-hybridized carbons (Fsp3) is 0.0769. The van der Waals surface area contributed by atoms with Gasteiger partial charge in [0.2, 0.25) is 0 Å². The minimum Gasteiger partial charge on any atom is -0.455 e. The van der Waals surface area contributed by atoms with Gasteiger partial charge in [-0.15, -0.1) is 11.6 Å². The van der Waals surface area contributed by atoms with Crippen LogP contribution in [0.1, 0.15) is 5.56 Å². The third kappa shape index (κ3) is 3.33. The summed E-state index contributed by atoms with van der Waals surface area (Å²) < 4.78 is 5.52. The fourth-order valence-electron chi connectivity index (χ4n) is 1.51. The van der Waals surface area contributed by atoms with Crippen molar-refractivity contribution in [3.05, 3.63) is 62.1 Å². The molecule has 7 heteroatoms. The van der Waals surface area contributed by atoms with Crippen molar-refractivity contribution >= 4 is 40.5 Å². The Morgan fingerprint density at radius 2 is 1.85 bits per heavy atom. The SMILES string of the molecule is O=[N+]([O-])c1ccc(Cl)c(Oc2ccc(CCl)c(Cl)c2)c1. The molecule has 0 fully saturated rings. The monoisotopic (exact) mass is 331 g/mol. The van der Waals surface area contributed by atoms with Gasteiger partial charge in [-0.2, -0.15) is 0 Å². The number of nitro groups is 1. The Kier molecular flexibility index (Phi) is 4.70. The second kappa shape index (κ2) is 6.31. The molecule has 0 N–H and O–H groups in total. The van der Waals surface area contributed by atoms with Crippen molar-refractivity contribution in [2.24, 2.45) is 0 Å². The second-order valence-corrected chi connectivity index (χ2v) is 4.94. The van der Waals surface area contributed by atoms with Crippen LogP contribution in [-0.2, 0) is 5.88 Å². The van der Waals surface area contributed by atoms with Crippen LogP contribution in [0, 0.1) is 10.1 Å². The molecule has 2 aromatic carbocycles. The Morgan fingerprint density at radius 3 is 2.45 bits per heavy atom. The van der Waals surface area contributed by atoms with E-state index < -0.39 is 4.92 Å². The van der Waals surface area contributed by atoms with Crippen molar-refractivity contribution in [1.82, 2.24) is 0 Å². The van der Waals surface area contributed by atoms with E-state index in [2.05, 4.69) is 0 Å². The van der Waals surface area contributed by atoms with Crippen LogP contribution in [0.5, 0.6) is 11.5 Å². The zero-order chi connectivity index (χ0) is 14.7. The molecule has 2 rings (SSSR count). The number of nitro benzene ring substituents is 1. The molecule has 0 aliphatic carbocycles. The van der Waals surface area contributed by atoms with E-state index in [1.54, 1.807) is 18.2 Å². The predicted octanol–water partition coefficient (Wildman–Crippen LogP) is 5.43. The molecular weight excluding hydrogens is 325 g/mol. The third-order valence-corrected chi connectivity index (χ3v) is 3.47. The largest absolute Gasteiger partial charge is 0.455 e. The fourth-order valence-corrected chi connectivity index (χ4v) is 2.21. The summed E-state index contributed by atoms with van der Waals surface area (Å²) in [7, 11) is 0. The standard InChI is InChI=1S/C13H8Cl3NO3/c14-7-8-1-3-10(6-12(8)16)20-13-5-9(17(18)19)2-4-11(13)15/h1-6H,7H2. The summed E-state index contributed by atoms with van der Waals surface area (Å²) in [6.07, 6.45) is 0. The van der Waals surface area contributed by atoms with Gasteiger partial charge in [-0.3, -0.25) is 10.1 Å². The topological polar surface area (TPSA) is 52.4 Å². The van der Waals surface area contributed by atoms with E-state index in [-0.39, 0.29) is 22.3 Å². The Morgan fingerprint density at radius 1 is 1.10 bits per heavy atom. The molecule has 0 saturated heterocycles. The zero-order valence-corrected chi connectivity index (χ0v) is 12.2. The molecule has 0 atom stereocenters. The van der Waals surface area contributed by atoms with Gasteiger partial charge in [0.25, 0.3) is 5.69 Å². The minimum absolute atomic E-state index is 0.104. The van der Waals surface area contributed by atoms with Crippen LogP contribution in [0.25, 0.3) is 0 Å². The highest BCUT2D eigenvalue weighted by molar-refractivity contribution is 6.32. The molecule has 0 bridgehead atoms. The Bertz CT molecular complexity index is 661. The van der Waals surface area contributed by atoms with Gasteiger partial charge in [-0.05, 0) is 23.8 Å². The molecule has 0 aliphatic heterocycles. The first-order chi connectivity index (χ1) is 9.51. The van der Waals surface area contributed by atoms with Gasteiger partial charge in [0.05, 0.1) is 16.0 Å². The third-order valence-electron chi connectivity index (χ3n) is 2.52. The second-order valence-electron chi connectivity index (χ2n) is 3.86. The molecule has 4 nitrogen and oxygen atoms in total. The van der Waals surface area contributed by atoms with Crippen molar-refractivity contribution in [2.75, 3.05) is 0 Å². The molecule has 0 spiro atoms. The highest BCUT2D eigenvalue weighted by Crippen LogP contribution is 2.34. The number of benzene rings is 2. The van der Waals surface area contributed by atoms with E-state index in [0.717, 1.165) is 5.56 Å². The molecule has 104 valence electrons. The van der Waals surface area contributed by atoms with Crippen LogP contribution < -0.4 is 4.74 Å². The van der Waals surface area contributed by atoms with E-state index >= 15 is 0 Å².